The largest absolute Gasteiger partial charge is 0.464 e. The van der Waals surface area contributed by atoms with E-state index in [1.54, 1.807) is 6.20 Å². The van der Waals surface area contributed by atoms with Crippen molar-refractivity contribution in [3.05, 3.63) is 93.2 Å². The first-order valence-electron chi connectivity index (χ1n) is 8.67. The van der Waals surface area contributed by atoms with Gasteiger partial charge in [-0.1, -0.05) is 45.7 Å². The molecule has 1 aromatic heterocycles. The van der Waals surface area contributed by atoms with Crippen molar-refractivity contribution < 1.29 is 4.74 Å². The number of ether oxygens (including phenoxy) is 1. The molecule has 2 aliphatic rings. The van der Waals surface area contributed by atoms with Crippen LogP contribution in [0.4, 0.5) is 0 Å². The monoisotopic (exact) mass is 439 g/mol. The Kier molecular flexibility index (Phi) is 4.14. The highest BCUT2D eigenvalue weighted by Gasteiger charge is 2.41. The molecule has 0 saturated heterocycles. The second kappa shape index (κ2) is 6.66. The molecule has 0 bridgehead atoms. The minimum Gasteiger partial charge on any atom is -0.464 e. The maximum atomic E-state index is 6.33. The maximum absolute atomic E-state index is 6.33. The molecule has 2 aromatic carbocycles. The molecule has 4 nitrogen and oxygen atoms in total. The third kappa shape index (κ3) is 3.01. The van der Waals surface area contributed by atoms with Crippen LogP contribution >= 0.6 is 27.5 Å². The SMILES string of the molecule is Clc1ccc(C2=NN3[C@@H](C2)c2cc(Br)ccc2O[C@H]3c2cccnc2)cc1. The van der Waals surface area contributed by atoms with Gasteiger partial charge in [-0.3, -0.25) is 4.98 Å². The topological polar surface area (TPSA) is 37.7 Å². The summed E-state index contributed by atoms with van der Waals surface area (Å²) < 4.78 is 7.36. The van der Waals surface area contributed by atoms with Gasteiger partial charge in [0, 0.05) is 39.4 Å². The Bertz CT molecular complexity index is 1020. The summed E-state index contributed by atoms with van der Waals surface area (Å²) in [5, 5.41) is 7.71. The number of hydrogen-bond donors (Lipinski definition) is 0. The zero-order valence-electron chi connectivity index (χ0n) is 14.2. The van der Waals surface area contributed by atoms with Crippen LogP contribution < -0.4 is 4.74 Å². The number of nitrogens with zero attached hydrogens (tertiary/aromatic N) is 3. The fourth-order valence-corrected chi connectivity index (χ4v) is 4.12. The summed E-state index contributed by atoms with van der Waals surface area (Å²) in [6.07, 6.45) is 4.11. The molecule has 27 heavy (non-hydrogen) atoms. The van der Waals surface area contributed by atoms with E-state index in [1.807, 2.05) is 54.7 Å². The first kappa shape index (κ1) is 16.8. The second-order valence-corrected chi connectivity index (χ2v) is 7.94. The molecule has 0 N–H and O–H groups in total. The number of hydrogen-bond acceptors (Lipinski definition) is 4. The highest BCUT2D eigenvalue weighted by molar-refractivity contribution is 9.10. The van der Waals surface area contributed by atoms with E-state index in [9.17, 15) is 0 Å². The van der Waals surface area contributed by atoms with Crippen LogP contribution in [0.2, 0.25) is 5.02 Å². The van der Waals surface area contributed by atoms with Crippen LogP contribution in [0, 0.1) is 0 Å². The lowest BCUT2D eigenvalue weighted by atomic mass is 9.96. The van der Waals surface area contributed by atoms with Gasteiger partial charge in [0.2, 0.25) is 6.23 Å². The van der Waals surface area contributed by atoms with E-state index in [2.05, 4.69) is 32.0 Å². The van der Waals surface area contributed by atoms with E-state index < -0.39 is 0 Å². The summed E-state index contributed by atoms with van der Waals surface area (Å²) in [4.78, 5) is 4.25. The van der Waals surface area contributed by atoms with Gasteiger partial charge in [-0.15, -0.1) is 0 Å². The van der Waals surface area contributed by atoms with Crippen LogP contribution in [-0.4, -0.2) is 15.7 Å². The zero-order chi connectivity index (χ0) is 18.4. The number of rotatable bonds is 2. The molecule has 0 spiro atoms. The van der Waals surface area contributed by atoms with Gasteiger partial charge >= 0.3 is 0 Å². The minimum atomic E-state index is -0.304. The summed E-state index contributed by atoms with van der Waals surface area (Å²) in [7, 11) is 0. The van der Waals surface area contributed by atoms with E-state index in [4.69, 9.17) is 21.4 Å². The lowest BCUT2D eigenvalue weighted by molar-refractivity contribution is -0.0192. The lowest BCUT2D eigenvalue weighted by Crippen LogP contribution is -2.33. The molecule has 0 saturated carbocycles. The van der Waals surface area contributed by atoms with Gasteiger partial charge in [0.05, 0.1) is 11.8 Å². The number of pyridine rings is 1. The molecule has 5 rings (SSSR count). The van der Waals surface area contributed by atoms with Gasteiger partial charge in [0.1, 0.15) is 5.75 Å². The standard InChI is InChI=1S/C21H15BrClN3O/c22-15-5-8-20-17(10-15)19-11-18(13-3-6-16(23)7-4-13)25-26(19)21(27-20)14-2-1-9-24-12-14/h1-10,12,19,21H,11H2/t19-,21-/m0/s1. The van der Waals surface area contributed by atoms with E-state index in [0.717, 1.165) is 44.1 Å². The van der Waals surface area contributed by atoms with Crippen LogP contribution in [0.15, 0.2) is 76.6 Å². The predicted molar refractivity (Wildman–Crippen MR) is 109 cm³/mol. The number of benzene rings is 2. The summed E-state index contributed by atoms with van der Waals surface area (Å²) in [6.45, 7) is 0. The number of fused-ring (bicyclic) bond motifs is 3. The van der Waals surface area contributed by atoms with Gasteiger partial charge in [0.25, 0.3) is 0 Å². The third-order valence-electron chi connectivity index (χ3n) is 4.90. The van der Waals surface area contributed by atoms with E-state index in [1.165, 1.54) is 0 Å². The van der Waals surface area contributed by atoms with Crippen molar-refractivity contribution in [2.45, 2.75) is 18.7 Å². The van der Waals surface area contributed by atoms with Crippen LogP contribution in [0.3, 0.4) is 0 Å². The van der Waals surface area contributed by atoms with Crippen molar-refractivity contribution >= 4 is 33.2 Å². The number of aromatic nitrogens is 1. The van der Waals surface area contributed by atoms with Gasteiger partial charge in [-0.2, -0.15) is 5.10 Å². The molecule has 3 heterocycles. The van der Waals surface area contributed by atoms with Gasteiger partial charge in [0.15, 0.2) is 0 Å². The summed E-state index contributed by atoms with van der Waals surface area (Å²) >= 11 is 9.62. The highest BCUT2D eigenvalue weighted by atomic mass is 79.9. The predicted octanol–water partition coefficient (Wildman–Crippen LogP) is 5.74. The van der Waals surface area contributed by atoms with Gasteiger partial charge in [-0.25, -0.2) is 5.01 Å². The molecule has 134 valence electrons. The Morgan fingerprint density at radius 1 is 1.11 bits per heavy atom. The Morgan fingerprint density at radius 3 is 2.74 bits per heavy atom. The Balaban J connectivity index is 1.60. The molecule has 0 radical (unpaired) electrons. The van der Waals surface area contributed by atoms with Crippen molar-refractivity contribution in [2.24, 2.45) is 5.10 Å². The number of hydrazone groups is 1. The summed E-state index contributed by atoms with van der Waals surface area (Å²) in [6, 6.07) is 18.0. The molecule has 2 atom stereocenters. The highest BCUT2D eigenvalue weighted by Crippen LogP contribution is 2.48. The normalized spacial score (nSPS) is 20.5. The van der Waals surface area contributed by atoms with E-state index in [0.29, 0.717) is 0 Å². The van der Waals surface area contributed by atoms with Gasteiger partial charge < -0.3 is 4.74 Å². The van der Waals surface area contributed by atoms with Crippen LogP contribution in [0.5, 0.6) is 5.75 Å². The first-order chi connectivity index (χ1) is 13.2. The summed E-state index contributed by atoms with van der Waals surface area (Å²) in [5.41, 5.74) is 4.23. The fraction of sp³-hybridized carbons (Fsp3) is 0.143. The maximum Gasteiger partial charge on any atom is 0.215 e. The van der Waals surface area contributed by atoms with Crippen molar-refractivity contribution in [3.63, 3.8) is 0 Å². The van der Waals surface area contributed by atoms with Crippen LogP contribution in [-0.2, 0) is 0 Å². The number of halogens is 2. The molecule has 2 aliphatic heterocycles. The molecule has 3 aromatic rings. The van der Waals surface area contributed by atoms with Crippen molar-refractivity contribution in [2.75, 3.05) is 0 Å². The smallest absolute Gasteiger partial charge is 0.215 e. The van der Waals surface area contributed by atoms with Crippen molar-refractivity contribution in [1.82, 2.24) is 9.99 Å². The fourth-order valence-electron chi connectivity index (χ4n) is 3.62. The van der Waals surface area contributed by atoms with E-state index >= 15 is 0 Å². The summed E-state index contributed by atoms with van der Waals surface area (Å²) in [5.74, 6) is 0.890. The van der Waals surface area contributed by atoms with E-state index in [-0.39, 0.29) is 12.3 Å². The molecule has 0 fully saturated rings. The Hall–Kier alpha value is -2.37. The van der Waals surface area contributed by atoms with Gasteiger partial charge in [-0.05, 0) is 42.0 Å². The first-order valence-corrected chi connectivity index (χ1v) is 9.84. The van der Waals surface area contributed by atoms with Crippen LogP contribution in [0.25, 0.3) is 0 Å². The van der Waals surface area contributed by atoms with Crippen LogP contribution in [0.1, 0.15) is 35.4 Å². The average molecular weight is 441 g/mol. The molecule has 6 heteroatoms. The molecule has 0 aliphatic carbocycles. The zero-order valence-corrected chi connectivity index (χ0v) is 16.6. The Labute approximate surface area is 170 Å². The Morgan fingerprint density at radius 2 is 1.96 bits per heavy atom. The van der Waals surface area contributed by atoms with Crippen molar-refractivity contribution in [3.8, 4) is 5.75 Å². The molecule has 0 amide bonds. The quantitative estimate of drug-likeness (QED) is 0.510. The molecule has 0 unspecified atom stereocenters. The second-order valence-electron chi connectivity index (χ2n) is 6.59. The molecular formula is C21H15BrClN3O. The lowest BCUT2D eigenvalue weighted by Gasteiger charge is -2.38. The third-order valence-corrected chi connectivity index (χ3v) is 5.64. The van der Waals surface area contributed by atoms with Crippen molar-refractivity contribution in [1.29, 1.82) is 0 Å². The molecular weight excluding hydrogens is 426 g/mol. The minimum absolute atomic E-state index is 0.113. The average Bonchev–Trinajstić information content (AvgIpc) is 3.14.